The number of ether oxygens (including phenoxy) is 2. The van der Waals surface area contributed by atoms with Gasteiger partial charge in [-0.15, -0.1) is 0 Å². The molecule has 0 amide bonds. The highest BCUT2D eigenvalue weighted by atomic mass is 31.2. The molecule has 0 saturated heterocycles. The smallest absolute Gasteiger partial charge is 0.462 e. The Bertz CT molecular complexity index is 1600. The maximum absolute atomic E-state index is 13.5. The summed E-state index contributed by atoms with van der Waals surface area (Å²) in [6, 6.07) is 0. The summed E-state index contributed by atoms with van der Waals surface area (Å²) in [5, 5.41) is 90.2. The molecule has 2 rings (SSSR count). The molecule has 390 valence electrons. The van der Waals surface area contributed by atoms with Gasteiger partial charge in [-0.2, -0.15) is 0 Å². The minimum atomic E-state index is -5.46. The number of fused-ring (bicyclic) bond motifs is 4. The van der Waals surface area contributed by atoms with Gasteiger partial charge >= 0.3 is 19.8 Å². The van der Waals surface area contributed by atoms with E-state index in [4.69, 9.17) is 18.5 Å². The molecule has 2 bridgehead atoms. The lowest BCUT2D eigenvalue weighted by molar-refractivity contribution is -0.167. The van der Waals surface area contributed by atoms with Gasteiger partial charge in [0.25, 0.3) is 0 Å². The van der Waals surface area contributed by atoms with Gasteiger partial charge in [-0.1, -0.05) is 125 Å². The van der Waals surface area contributed by atoms with E-state index >= 15 is 0 Å². The number of carbonyl (C=O) groups excluding carboxylic acids is 2. The summed E-state index contributed by atoms with van der Waals surface area (Å²) in [7, 11) is -5.46. The van der Waals surface area contributed by atoms with E-state index < -0.39 is 112 Å². The second-order valence-corrected chi connectivity index (χ2v) is 19.3. The Balaban J connectivity index is 2.14. The number of phosphoric acid groups is 1. The van der Waals surface area contributed by atoms with Crippen LogP contribution >= 0.6 is 7.82 Å². The van der Waals surface area contributed by atoms with E-state index in [0.717, 1.165) is 51.4 Å². The molecule has 0 aromatic carbocycles. The first-order valence-corrected chi connectivity index (χ1v) is 26.5. The van der Waals surface area contributed by atoms with Crippen molar-refractivity contribution in [1.29, 1.82) is 0 Å². The Kier molecular flexibility index (Phi) is 32.6. The van der Waals surface area contributed by atoms with Crippen molar-refractivity contribution in [1.82, 2.24) is 0 Å². The summed E-state index contributed by atoms with van der Waals surface area (Å²) >= 11 is 0. The molecule has 0 aromatic rings. The van der Waals surface area contributed by atoms with Gasteiger partial charge in [-0.3, -0.25) is 18.6 Å². The maximum atomic E-state index is 13.5. The molecule has 68 heavy (non-hydrogen) atoms. The number of cyclic esters (lactones) is 1. The molecule has 17 heteroatoms. The molecule has 1 unspecified atom stereocenters. The zero-order chi connectivity index (χ0) is 50.2. The van der Waals surface area contributed by atoms with Gasteiger partial charge in [0.2, 0.25) is 0 Å². The minimum Gasteiger partial charge on any atom is -0.462 e. The lowest BCUT2D eigenvalue weighted by Crippen LogP contribution is -2.55. The first-order valence-electron chi connectivity index (χ1n) is 25.0. The molecule has 1 fully saturated rings. The molecular formula is C51H85O16P. The lowest BCUT2D eigenvalue weighted by atomic mass is 9.83. The van der Waals surface area contributed by atoms with Crippen LogP contribution in [0.15, 0.2) is 72.9 Å². The number of allylic oxidation sites excluding steroid dienone is 10. The van der Waals surface area contributed by atoms with Crippen molar-refractivity contribution in [2.24, 2.45) is 11.8 Å². The van der Waals surface area contributed by atoms with Crippen LogP contribution in [0, 0.1) is 11.8 Å². The zero-order valence-corrected chi connectivity index (χ0v) is 41.3. The predicted molar refractivity (Wildman–Crippen MR) is 260 cm³/mol. The quantitative estimate of drug-likeness (QED) is 0.0224. The highest BCUT2D eigenvalue weighted by Gasteiger charge is 2.49. The fourth-order valence-electron chi connectivity index (χ4n) is 7.91. The van der Waals surface area contributed by atoms with Gasteiger partial charge in [0.15, 0.2) is 6.10 Å². The number of rotatable bonds is 23. The molecule has 2 aliphatic rings. The Hall–Kier alpha value is -2.83. The first-order chi connectivity index (χ1) is 32.6. The molecule has 1 saturated carbocycles. The van der Waals surface area contributed by atoms with Crippen LogP contribution < -0.4 is 0 Å². The summed E-state index contributed by atoms with van der Waals surface area (Å²) in [5.74, 6) is -4.09. The lowest BCUT2D eigenvalue weighted by Gasteiger charge is -2.37. The van der Waals surface area contributed by atoms with Crippen molar-refractivity contribution in [3.05, 3.63) is 72.9 Å². The van der Waals surface area contributed by atoms with Crippen LogP contribution in [0.2, 0.25) is 0 Å². The predicted octanol–water partition coefficient (Wildman–Crippen LogP) is 6.66. The number of aliphatic hydroxyl groups excluding tert-OH is 8. The van der Waals surface area contributed by atoms with Crippen LogP contribution in [0.4, 0.5) is 0 Å². The second-order valence-electron chi connectivity index (χ2n) is 17.9. The third-order valence-corrected chi connectivity index (χ3v) is 13.1. The number of carbonyl (C=O) groups is 2. The Morgan fingerprint density at radius 1 is 0.750 bits per heavy atom. The van der Waals surface area contributed by atoms with Gasteiger partial charge in [0.05, 0.1) is 37.1 Å². The standard InChI is InChI=1S/C51H85O16P/c1-3-5-7-8-9-10-11-12-13-14-15-16-17-18-19-20-21-22-28-32-45(56)66-39-36-64-44(55)31-27-24-23-26-30-40-42(53)35-43(54)41(34-33-38(52)29-25-6-4-2)47(58)49(60)51(50(61)48(59)46(40)57)67-68(62,63)65-37-39/h9-10,12-13,15-16,18-19,23,26,33-34,38-43,46-54,57-61H,3-8,11,14,17,20-22,24-25,27-32,35-37H2,1-2H3,(H,62,63)/b10-9-,13-12-,16-15-,19-18-,26-23+,34-33+/t38-,39+,40-,41-,42-,43+,46+,47+,48-,49+,50+,51+/m0/s1. The van der Waals surface area contributed by atoms with Gasteiger partial charge in [-0.25, -0.2) is 4.57 Å². The van der Waals surface area contributed by atoms with E-state index in [1.807, 2.05) is 6.92 Å². The fraction of sp³-hybridized carbons (Fsp3) is 0.725. The van der Waals surface area contributed by atoms with Crippen molar-refractivity contribution < 1.29 is 78.4 Å². The van der Waals surface area contributed by atoms with Crippen molar-refractivity contribution in [2.45, 2.75) is 210 Å². The maximum Gasteiger partial charge on any atom is 0.472 e. The molecule has 16 nitrogen and oxygen atoms in total. The van der Waals surface area contributed by atoms with E-state index in [1.54, 1.807) is 12.2 Å². The molecule has 0 radical (unpaired) electrons. The Morgan fingerprint density at radius 2 is 1.35 bits per heavy atom. The summed E-state index contributed by atoms with van der Waals surface area (Å²) in [4.78, 5) is 36.5. The molecule has 13 atom stereocenters. The number of phosphoric ester groups is 1. The zero-order valence-electron chi connectivity index (χ0n) is 40.4. The SMILES string of the molecule is CCCCC/C=C\C/C=C\C/C=C\C/C=C\CCCCCC(=O)O[C@@H]1COC(=O)CCC/C=C/C[C@@H]2[C@@H](O)[C@H](O)[C@@H](O)[C@H](OP(=O)(O)OC1)[C@H](O)[C@H](O)[C@@H](/C=C/[C@@H](O)CCCCC)[C@H](O)C[C@@H]2O. The molecule has 1 aliphatic carbocycles. The van der Waals surface area contributed by atoms with Crippen LogP contribution in [0.3, 0.4) is 0 Å². The summed E-state index contributed by atoms with van der Waals surface area (Å²) in [5.41, 5.74) is 0. The van der Waals surface area contributed by atoms with Crippen LogP contribution in [0.25, 0.3) is 0 Å². The van der Waals surface area contributed by atoms with E-state index in [1.165, 1.54) is 31.4 Å². The van der Waals surface area contributed by atoms with Gasteiger partial charge in [-0.05, 0) is 77.0 Å². The van der Waals surface area contributed by atoms with Crippen molar-refractivity contribution in [3.63, 3.8) is 0 Å². The van der Waals surface area contributed by atoms with Crippen molar-refractivity contribution >= 4 is 19.8 Å². The van der Waals surface area contributed by atoms with E-state index in [2.05, 4.69) is 55.5 Å². The molecule has 0 aromatic heterocycles. The highest BCUT2D eigenvalue weighted by molar-refractivity contribution is 7.47. The number of hydrogen-bond donors (Lipinski definition) is 9. The summed E-state index contributed by atoms with van der Waals surface area (Å²) < 4.78 is 34.7. The molecule has 0 spiro atoms. The van der Waals surface area contributed by atoms with Gasteiger partial charge in [0, 0.05) is 31.1 Å². The molecule has 1 aliphatic heterocycles. The third kappa shape index (κ3) is 25.9. The van der Waals surface area contributed by atoms with E-state index in [0.29, 0.717) is 38.5 Å². The van der Waals surface area contributed by atoms with E-state index in [9.17, 15) is 59.9 Å². The normalized spacial score (nSPS) is 32.1. The third-order valence-electron chi connectivity index (χ3n) is 12.1. The van der Waals surface area contributed by atoms with Crippen LogP contribution in [-0.4, -0.2) is 132 Å². The highest BCUT2D eigenvalue weighted by Crippen LogP contribution is 2.47. The minimum absolute atomic E-state index is 0.00975. The van der Waals surface area contributed by atoms with Gasteiger partial charge in [0.1, 0.15) is 31.0 Å². The number of unbranched alkanes of at least 4 members (excludes halogenated alkanes) is 8. The van der Waals surface area contributed by atoms with Crippen LogP contribution in [-0.2, 0) is 32.7 Å². The number of esters is 2. The van der Waals surface area contributed by atoms with E-state index in [-0.39, 0.29) is 19.3 Å². The molecular weight excluding hydrogens is 900 g/mol. The number of hydrogen-bond acceptors (Lipinski definition) is 15. The average molecular weight is 985 g/mol. The molecule has 9 N–H and O–H groups in total. The Morgan fingerprint density at radius 3 is 2.00 bits per heavy atom. The van der Waals surface area contributed by atoms with Crippen LogP contribution in [0.1, 0.15) is 149 Å². The summed E-state index contributed by atoms with van der Waals surface area (Å²) in [6.45, 7) is 2.77. The topological polar surface area (TPSA) is 270 Å². The largest absolute Gasteiger partial charge is 0.472 e. The number of aliphatic hydroxyl groups is 8. The fourth-order valence-corrected chi connectivity index (χ4v) is 8.89. The molecule has 1 heterocycles. The monoisotopic (exact) mass is 985 g/mol. The van der Waals surface area contributed by atoms with Crippen molar-refractivity contribution in [2.75, 3.05) is 13.2 Å². The van der Waals surface area contributed by atoms with Crippen molar-refractivity contribution in [3.8, 4) is 0 Å². The average Bonchev–Trinajstić information content (AvgIpc) is 3.31. The van der Waals surface area contributed by atoms with Crippen LogP contribution in [0.5, 0.6) is 0 Å². The Labute approximate surface area is 404 Å². The van der Waals surface area contributed by atoms with Gasteiger partial charge < -0.3 is 55.2 Å². The first kappa shape index (κ1) is 61.3. The summed E-state index contributed by atoms with van der Waals surface area (Å²) in [6.07, 6.45) is 17.0. The second kappa shape index (κ2) is 36.1.